The number of aromatic nitrogens is 2. The number of halogens is 1. The molecule has 0 bridgehead atoms. The lowest BCUT2D eigenvalue weighted by Gasteiger charge is -2.04. The van der Waals surface area contributed by atoms with Crippen LogP contribution < -0.4 is 5.32 Å². The quantitative estimate of drug-likeness (QED) is 0.864. The van der Waals surface area contributed by atoms with Crippen molar-refractivity contribution in [2.45, 2.75) is 20.4 Å². The molecular weight excluding hydrogens is 209 g/mol. The first-order chi connectivity index (χ1) is 7.65. The molecule has 1 aromatic heterocycles. The van der Waals surface area contributed by atoms with Crippen molar-refractivity contribution in [1.82, 2.24) is 10.1 Å². The summed E-state index contributed by atoms with van der Waals surface area (Å²) in [5, 5.41) is 6.84. The van der Waals surface area contributed by atoms with Crippen molar-refractivity contribution in [2.75, 3.05) is 5.32 Å². The third kappa shape index (κ3) is 2.36. The zero-order valence-corrected chi connectivity index (χ0v) is 9.12. The minimum absolute atomic E-state index is 0.207. The zero-order valence-electron chi connectivity index (χ0n) is 9.12. The number of nitrogens with zero attached hydrogens (tertiary/aromatic N) is 2. The van der Waals surface area contributed by atoms with Crippen LogP contribution in [0.2, 0.25) is 0 Å². The Kier molecular flexibility index (Phi) is 2.85. The van der Waals surface area contributed by atoms with Gasteiger partial charge in [0.15, 0.2) is 5.82 Å². The SMILES string of the molecule is Cc1nc(CNc2ccc(F)c(C)c2)no1. The molecule has 84 valence electrons. The number of nitrogens with one attached hydrogen (secondary N) is 1. The van der Waals surface area contributed by atoms with Gasteiger partial charge in [-0.15, -0.1) is 0 Å². The first-order valence-corrected chi connectivity index (χ1v) is 4.94. The number of hydrogen-bond donors (Lipinski definition) is 1. The maximum Gasteiger partial charge on any atom is 0.223 e. The average Bonchev–Trinajstić information content (AvgIpc) is 2.66. The topological polar surface area (TPSA) is 51.0 Å². The molecule has 2 aromatic rings. The van der Waals surface area contributed by atoms with Gasteiger partial charge in [0.1, 0.15) is 5.82 Å². The minimum Gasteiger partial charge on any atom is -0.378 e. The van der Waals surface area contributed by atoms with E-state index in [0.717, 1.165) is 5.69 Å². The van der Waals surface area contributed by atoms with Gasteiger partial charge in [0.25, 0.3) is 0 Å². The molecule has 5 heteroatoms. The second kappa shape index (κ2) is 4.30. The molecule has 0 aliphatic carbocycles. The lowest BCUT2D eigenvalue weighted by atomic mass is 10.2. The highest BCUT2D eigenvalue weighted by Gasteiger charge is 2.02. The maximum atomic E-state index is 13.0. The van der Waals surface area contributed by atoms with E-state index in [1.54, 1.807) is 26.0 Å². The Labute approximate surface area is 92.5 Å². The van der Waals surface area contributed by atoms with Crippen LogP contribution in [-0.2, 0) is 6.54 Å². The number of hydrogen-bond acceptors (Lipinski definition) is 4. The van der Waals surface area contributed by atoms with E-state index in [0.29, 0.717) is 23.8 Å². The number of rotatable bonds is 3. The monoisotopic (exact) mass is 221 g/mol. The fraction of sp³-hybridized carbons (Fsp3) is 0.273. The molecule has 16 heavy (non-hydrogen) atoms. The van der Waals surface area contributed by atoms with E-state index >= 15 is 0 Å². The molecule has 1 heterocycles. The van der Waals surface area contributed by atoms with E-state index < -0.39 is 0 Å². The highest BCUT2D eigenvalue weighted by atomic mass is 19.1. The van der Waals surface area contributed by atoms with Crippen LogP contribution >= 0.6 is 0 Å². The summed E-state index contributed by atoms with van der Waals surface area (Å²) >= 11 is 0. The zero-order chi connectivity index (χ0) is 11.5. The second-order valence-electron chi connectivity index (χ2n) is 3.55. The van der Waals surface area contributed by atoms with Gasteiger partial charge in [-0.2, -0.15) is 4.98 Å². The summed E-state index contributed by atoms with van der Waals surface area (Å²) in [6.45, 7) is 3.92. The summed E-state index contributed by atoms with van der Waals surface area (Å²) in [6, 6.07) is 4.84. The predicted octanol–water partition coefficient (Wildman–Crippen LogP) is 2.44. The molecular formula is C11H12FN3O. The fourth-order valence-electron chi connectivity index (χ4n) is 1.35. The molecule has 1 aromatic carbocycles. The van der Waals surface area contributed by atoms with E-state index in [1.165, 1.54) is 6.07 Å². The van der Waals surface area contributed by atoms with Crippen LogP contribution in [0.3, 0.4) is 0 Å². The lowest BCUT2D eigenvalue weighted by Crippen LogP contribution is -2.01. The van der Waals surface area contributed by atoms with Gasteiger partial charge in [0.2, 0.25) is 5.89 Å². The summed E-state index contributed by atoms with van der Waals surface area (Å²) in [4.78, 5) is 4.05. The van der Waals surface area contributed by atoms with Crippen LogP contribution in [0, 0.1) is 19.7 Å². The van der Waals surface area contributed by atoms with Crippen LogP contribution in [0.4, 0.5) is 10.1 Å². The van der Waals surface area contributed by atoms with Gasteiger partial charge >= 0.3 is 0 Å². The van der Waals surface area contributed by atoms with Crippen LogP contribution in [0.25, 0.3) is 0 Å². The van der Waals surface area contributed by atoms with Gasteiger partial charge in [0.05, 0.1) is 6.54 Å². The standard InChI is InChI=1S/C11H12FN3O/c1-7-5-9(3-4-10(7)12)13-6-11-14-8(2)16-15-11/h3-5,13H,6H2,1-2H3. The number of anilines is 1. The van der Waals surface area contributed by atoms with E-state index in [1.807, 2.05) is 0 Å². The van der Waals surface area contributed by atoms with E-state index in [4.69, 9.17) is 4.52 Å². The second-order valence-corrected chi connectivity index (χ2v) is 3.55. The van der Waals surface area contributed by atoms with Crippen LogP contribution in [0.5, 0.6) is 0 Å². The summed E-state index contributed by atoms with van der Waals surface area (Å²) < 4.78 is 17.8. The van der Waals surface area contributed by atoms with Crippen LogP contribution in [-0.4, -0.2) is 10.1 Å². The van der Waals surface area contributed by atoms with Crippen molar-refractivity contribution in [3.63, 3.8) is 0 Å². The van der Waals surface area contributed by atoms with Crippen molar-refractivity contribution in [3.05, 3.63) is 41.3 Å². The fourth-order valence-corrected chi connectivity index (χ4v) is 1.35. The van der Waals surface area contributed by atoms with Crippen LogP contribution in [0.15, 0.2) is 22.7 Å². The van der Waals surface area contributed by atoms with Crippen molar-refractivity contribution in [2.24, 2.45) is 0 Å². The first-order valence-electron chi connectivity index (χ1n) is 4.94. The van der Waals surface area contributed by atoms with Gasteiger partial charge in [-0.05, 0) is 30.7 Å². The van der Waals surface area contributed by atoms with Crippen molar-refractivity contribution in [3.8, 4) is 0 Å². The van der Waals surface area contributed by atoms with Crippen molar-refractivity contribution < 1.29 is 8.91 Å². The molecule has 0 atom stereocenters. The Hall–Kier alpha value is -1.91. The van der Waals surface area contributed by atoms with Gasteiger partial charge in [0, 0.05) is 12.6 Å². The number of benzene rings is 1. The van der Waals surface area contributed by atoms with Crippen molar-refractivity contribution >= 4 is 5.69 Å². The van der Waals surface area contributed by atoms with Gasteiger partial charge in [-0.1, -0.05) is 5.16 Å². The summed E-state index contributed by atoms with van der Waals surface area (Å²) in [5.74, 6) is 0.910. The molecule has 0 fully saturated rings. The van der Waals surface area contributed by atoms with Gasteiger partial charge < -0.3 is 9.84 Å². The smallest absolute Gasteiger partial charge is 0.223 e. The van der Waals surface area contributed by atoms with E-state index in [9.17, 15) is 4.39 Å². The highest BCUT2D eigenvalue weighted by molar-refractivity contribution is 5.45. The Balaban J connectivity index is 2.02. The largest absolute Gasteiger partial charge is 0.378 e. The Morgan fingerprint density at radius 1 is 1.38 bits per heavy atom. The summed E-state index contributed by atoms with van der Waals surface area (Å²) in [5.41, 5.74) is 1.44. The highest BCUT2D eigenvalue weighted by Crippen LogP contribution is 2.14. The molecule has 0 aliphatic heterocycles. The molecule has 2 rings (SSSR count). The van der Waals surface area contributed by atoms with Gasteiger partial charge in [-0.3, -0.25) is 0 Å². The molecule has 0 amide bonds. The van der Waals surface area contributed by atoms with Gasteiger partial charge in [-0.25, -0.2) is 4.39 Å². The lowest BCUT2D eigenvalue weighted by molar-refractivity contribution is 0.388. The minimum atomic E-state index is -0.207. The third-order valence-corrected chi connectivity index (χ3v) is 2.18. The normalized spacial score (nSPS) is 10.4. The van der Waals surface area contributed by atoms with Crippen LogP contribution in [0.1, 0.15) is 17.3 Å². The maximum absolute atomic E-state index is 13.0. The Bertz CT molecular complexity index is 496. The Morgan fingerprint density at radius 2 is 2.19 bits per heavy atom. The molecule has 4 nitrogen and oxygen atoms in total. The molecule has 0 unspecified atom stereocenters. The molecule has 1 N–H and O–H groups in total. The molecule has 0 saturated carbocycles. The average molecular weight is 221 g/mol. The molecule has 0 aliphatic rings. The third-order valence-electron chi connectivity index (χ3n) is 2.18. The Morgan fingerprint density at radius 3 is 2.81 bits per heavy atom. The summed E-state index contributed by atoms with van der Waals surface area (Å²) in [6.07, 6.45) is 0. The molecule has 0 spiro atoms. The van der Waals surface area contributed by atoms with E-state index in [2.05, 4.69) is 15.5 Å². The molecule has 0 radical (unpaired) electrons. The molecule has 0 saturated heterocycles. The predicted molar refractivity (Wildman–Crippen MR) is 57.5 cm³/mol. The first kappa shape index (κ1) is 10.6. The van der Waals surface area contributed by atoms with E-state index in [-0.39, 0.29) is 5.82 Å². The van der Waals surface area contributed by atoms with Crippen molar-refractivity contribution in [1.29, 1.82) is 0 Å². The summed E-state index contributed by atoms with van der Waals surface area (Å²) in [7, 11) is 0. The number of aryl methyl sites for hydroxylation is 2.